The van der Waals surface area contributed by atoms with Crippen molar-refractivity contribution in [2.24, 2.45) is 0 Å². The Hall–Kier alpha value is -1.12. The lowest BCUT2D eigenvalue weighted by molar-refractivity contribution is -0.139. The van der Waals surface area contributed by atoms with Crippen molar-refractivity contribution in [1.29, 1.82) is 0 Å². The summed E-state index contributed by atoms with van der Waals surface area (Å²) < 4.78 is 44.1. The minimum Gasteiger partial charge on any atom is -0.316 e. The number of rotatable bonds is 5. The van der Waals surface area contributed by atoms with Gasteiger partial charge in [0.1, 0.15) is 5.82 Å². The lowest BCUT2D eigenvalue weighted by Gasteiger charge is -2.13. The SMILES string of the molecule is CCc1nsc(Sc2ccc(CNC)cc2C(F)(F)F)n1. The van der Waals surface area contributed by atoms with Crippen molar-refractivity contribution >= 4 is 23.3 Å². The summed E-state index contributed by atoms with van der Waals surface area (Å²) >= 11 is 2.13. The summed E-state index contributed by atoms with van der Waals surface area (Å²) in [5.74, 6) is 0.655. The maximum Gasteiger partial charge on any atom is 0.417 e. The largest absolute Gasteiger partial charge is 0.417 e. The number of hydrogen-bond donors (Lipinski definition) is 1. The standard InChI is InChI=1S/C13H14F3N3S2/c1-3-11-18-12(21-19-11)20-10-5-4-8(7-17-2)6-9(10)13(14,15)16/h4-6,17H,3,7H2,1-2H3. The Balaban J connectivity index is 2.33. The Labute approximate surface area is 129 Å². The van der Waals surface area contributed by atoms with Crippen LogP contribution in [0.5, 0.6) is 0 Å². The summed E-state index contributed by atoms with van der Waals surface area (Å²) in [6, 6.07) is 4.36. The van der Waals surface area contributed by atoms with Crippen LogP contribution >= 0.6 is 23.3 Å². The monoisotopic (exact) mass is 333 g/mol. The van der Waals surface area contributed by atoms with Gasteiger partial charge in [-0.3, -0.25) is 0 Å². The lowest BCUT2D eigenvalue weighted by atomic mass is 10.1. The van der Waals surface area contributed by atoms with Gasteiger partial charge in [-0.05, 0) is 36.3 Å². The number of hydrogen-bond acceptors (Lipinski definition) is 5. The van der Waals surface area contributed by atoms with E-state index in [2.05, 4.69) is 14.7 Å². The Morgan fingerprint density at radius 3 is 2.67 bits per heavy atom. The molecule has 0 radical (unpaired) electrons. The highest BCUT2D eigenvalue weighted by atomic mass is 32.2. The molecule has 0 aliphatic carbocycles. The van der Waals surface area contributed by atoms with Crippen LogP contribution in [0.3, 0.4) is 0 Å². The van der Waals surface area contributed by atoms with Crippen molar-refractivity contribution in [2.75, 3.05) is 7.05 Å². The van der Waals surface area contributed by atoms with Crippen LogP contribution in [0.15, 0.2) is 27.4 Å². The highest BCUT2D eigenvalue weighted by Crippen LogP contribution is 2.40. The smallest absolute Gasteiger partial charge is 0.316 e. The maximum atomic E-state index is 13.2. The zero-order valence-corrected chi connectivity index (χ0v) is 13.1. The van der Waals surface area contributed by atoms with Crippen LogP contribution in [0, 0.1) is 0 Å². The summed E-state index contributed by atoms with van der Waals surface area (Å²) in [6.07, 6.45) is -3.71. The minimum absolute atomic E-state index is 0.154. The molecule has 0 amide bonds. The fourth-order valence-corrected chi connectivity index (χ4v) is 3.51. The van der Waals surface area contributed by atoms with Gasteiger partial charge in [-0.15, -0.1) is 0 Å². The molecule has 0 saturated carbocycles. The van der Waals surface area contributed by atoms with Crippen molar-refractivity contribution in [1.82, 2.24) is 14.7 Å². The van der Waals surface area contributed by atoms with E-state index in [1.54, 1.807) is 13.1 Å². The van der Waals surface area contributed by atoms with Gasteiger partial charge in [0, 0.05) is 17.9 Å². The minimum atomic E-state index is -4.38. The molecule has 0 saturated heterocycles. The molecule has 0 aliphatic heterocycles. The van der Waals surface area contributed by atoms with Crippen LogP contribution in [0.1, 0.15) is 23.9 Å². The third-order valence-corrected chi connectivity index (χ3v) is 4.56. The molecule has 21 heavy (non-hydrogen) atoms. The number of alkyl halides is 3. The summed E-state index contributed by atoms with van der Waals surface area (Å²) in [7, 11) is 1.70. The first-order valence-corrected chi connectivity index (χ1v) is 7.88. The lowest BCUT2D eigenvalue weighted by Crippen LogP contribution is -2.10. The van der Waals surface area contributed by atoms with Gasteiger partial charge in [0.05, 0.1) is 5.56 Å². The second-order valence-corrected chi connectivity index (χ2v) is 6.33. The molecule has 2 rings (SSSR count). The van der Waals surface area contributed by atoms with Crippen molar-refractivity contribution in [3.63, 3.8) is 0 Å². The summed E-state index contributed by atoms with van der Waals surface area (Å²) in [4.78, 5) is 4.35. The first kappa shape index (κ1) is 16.3. The first-order valence-electron chi connectivity index (χ1n) is 6.29. The average molecular weight is 333 g/mol. The highest BCUT2D eigenvalue weighted by molar-refractivity contribution is 8.01. The van der Waals surface area contributed by atoms with E-state index in [4.69, 9.17) is 0 Å². The van der Waals surface area contributed by atoms with Gasteiger partial charge < -0.3 is 5.32 Å². The summed E-state index contributed by atoms with van der Waals surface area (Å²) in [6.45, 7) is 2.30. The van der Waals surface area contributed by atoms with Crippen LogP contribution in [0.25, 0.3) is 0 Å². The van der Waals surface area contributed by atoms with Crippen molar-refractivity contribution in [3.8, 4) is 0 Å². The predicted octanol–water partition coefficient (Wildman–Crippen LogP) is 3.99. The topological polar surface area (TPSA) is 37.8 Å². The van der Waals surface area contributed by atoms with E-state index in [0.29, 0.717) is 28.7 Å². The Kier molecular flexibility index (Phi) is 5.23. The molecule has 1 N–H and O–H groups in total. The van der Waals surface area contributed by atoms with Crippen molar-refractivity contribution < 1.29 is 13.2 Å². The second-order valence-electron chi connectivity index (χ2n) is 4.29. The van der Waals surface area contributed by atoms with Gasteiger partial charge in [-0.25, -0.2) is 4.98 Å². The predicted molar refractivity (Wildman–Crippen MR) is 77.6 cm³/mol. The van der Waals surface area contributed by atoms with E-state index in [1.165, 1.54) is 12.1 Å². The average Bonchev–Trinajstić information content (AvgIpc) is 2.87. The highest BCUT2D eigenvalue weighted by Gasteiger charge is 2.34. The summed E-state index contributed by atoms with van der Waals surface area (Å²) in [5, 5.41) is 2.85. The molecule has 0 aliphatic rings. The Bertz CT molecular complexity index is 611. The normalized spacial score (nSPS) is 11.9. The van der Waals surface area contributed by atoms with E-state index in [9.17, 15) is 13.2 Å². The Morgan fingerprint density at radius 2 is 2.10 bits per heavy atom. The van der Waals surface area contributed by atoms with Gasteiger partial charge in [0.2, 0.25) is 0 Å². The number of aromatic nitrogens is 2. The number of aryl methyl sites for hydroxylation is 1. The molecule has 0 unspecified atom stereocenters. The molecule has 1 aromatic heterocycles. The maximum absolute atomic E-state index is 13.2. The van der Waals surface area contributed by atoms with E-state index >= 15 is 0 Å². The Morgan fingerprint density at radius 1 is 1.33 bits per heavy atom. The second kappa shape index (κ2) is 6.76. The molecule has 0 bridgehead atoms. The van der Waals surface area contributed by atoms with E-state index in [0.717, 1.165) is 23.3 Å². The van der Waals surface area contributed by atoms with E-state index in [-0.39, 0.29) is 4.90 Å². The van der Waals surface area contributed by atoms with Crippen molar-refractivity contribution in [2.45, 2.75) is 35.3 Å². The molecular formula is C13H14F3N3S2. The molecule has 1 heterocycles. The zero-order valence-electron chi connectivity index (χ0n) is 11.5. The first-order chi connectivity index (χ1) is 9.94. The van der Waals surface area contributed by atoms with Crippen LogP contribution in [-0.4, -0.2) is 16.4 Å². The molecule has 0 fully saturated rings. The van der Waals surface area contributed by atoms with Gasteiger partial charge in [-0.2, -0.15) is 17.5 Å². The number of nitrogens with zero attached hydrogens (tertiary/aromatic N) is 2. The quantitative estimate of drug-likeness (QED) is 0.898. The molecule has 1 aromatic carbocycles. The van der Waals surface area contributed by atoms with E-state index < -0.39 is 11.7 Å². The molecule has 0 spiro atoms. The molecule has 114 valence electrons. The molecule has 0 atom stereocenters. The fourth-order valence-electron chi connectivity index (χ4n) is 1.72. The van der Waals surface area contributed by atoms with Crippen LogP contribution in [0.4, 0.5) is 13.2 Å². The number of benzene rings is 1. The van der Waals surface area contributed by atoms with E-state index in [1.807, 2.05) is 6.92 Å². The van der Waals surface area contributed by atoms with Gasteiger partial charge in [-0.1, -0.05) is 24.8 Å². The van der Waals surface area contributed by atoms with Crippen LogP contribution < -0.4 is 5.32 Å². The molecule has 3 nitrogen and oxygen atoms in total. The van der Waals surface area contributed by atoms with Gasteiger partial charge >= 0.3 is 6.18 Å². The zero-order chi connectivity index (χ0) is 15.5. The molecule has 8 heteroatoms. The fraction of sp³-hybridized carbons (Fsp3) is 0.385. The van der Waals surface area contributed by atoms with Crippen molar-refractivity contribution in [3.05, 3.63) is 35.2 Å². The van der Waals surface area contributed by atoms with Crippen LogP contribution in [-0.2, 0) is 19.1 Å². The number of halogens is 3. The summed E-state index contributed by atoms with van der Waals surface area (Å²) in [5.41, 5.74) is -0.0332. The molecular weight excluding hydrogens is 319 g/mol. The molecule has 2 aromatic rings. The van der Waals surface area contributed by atoms with Gasteiger partial charge in [0.25, 0.3) is 0 Å². The third kappa shape index (κ3) is 4.18. The third-order valence-electron chi connectivity index (χ3n) is 2.69. The van der Waals surface area contributed by atoms with Gasteiger partial charge in [0.15, 0.2) is 4.34 Å². The number of nitrogens with one attached hydrogen (secondary N) is 1. The van der Waals surface area contributed by atoms with Crippen LogP contribution in [0.2, 0.25) is 0 Å².